The standard InChI is InChI=1S/C17H16F3N/c18-15-8-4-3-7-14(15)16(9-17(19)20)21-10-12-5-1-2-6-13(12)11-21/h1-8,16-17H,9-11H2. The van der Waals surface area contributed by atoms with Crippen molar-refractivity contribution >= 4 is 0 Å². The zero-order chi connectivity index (χ0) is 14.8. The fraction of sp³-hybridized carbons (Fsp3) is 0.294. The highest BCUT2D eigenvalue weighted by atomic mass is 19.3. The maximum absolute atomic E-state index is 14.0. The first-order valence-corrected chi connectivity index (χ1v) is 6.98. The molecule has 1 atom stereocenters. The SMILES string of the molecule is Fc1ccccc1C(CC(F)F)N1Cc2ccccc2C1. The van der Waals surface area contributed by atoms with E-state index in [-0.39, 0.29) is 6.42 Å². The molecule has 0 fully saturated rings. The Morgan fingerprint density at radius 3 is 2.05 bits per heavy atom. The molecule has 0 amide bonds. The van der Waals surface area contributed by atoms with Crippen LogP contribution in [0.1, 0.15) is 29.2 Å². The summed E-state index contributed by atoms with van der Waals surface area (Å²) < 4.78 is 39.9. The largest absolute Gasteiger partial charge is 0.287 e. The first-order valence-electron chi connectivity index (χ1n) is 6.98. The van der Waals surface area contributed by atoms with Crippen LogP contribution in [0.15, 0.2) is 48.5 Å². The molecule has 110 valence electrons. The van der Waals surface area contributed by atoms with Crippen LogP contribution in [0.25, 0.3) is 0 Å². The van der Waals surface area contributed by atoms with E-state index in [2.05, 4.69) is 0 Å². The minimum Gasteiger partial charge on any atom is -0.287 e. The summed E-state index contributed by atoms with van der Waals surface area (Å²) in [6.07, 6.45) is -2.81. The Labute approximate surface area is 122 Å². The lowest BCUT2D eigenvalue weighted by Gasteiger charge is -2.28. The minimum atomic E-state index is -2.46. The van der Waals surface area contributed by atoms with Gasteiger partial charge in [-0.05, 0) is 17.2 Å². The lowest BCUT2D eigenvalue weighted by atomic mass is 10.0. The molecule has 0 N–H and O–H groups in total. The molecule has 1 heterocycles. The molecule has 1 aliphatic heterocycles. The van der Waals surface area contributed by atoms with Crippen molar-refractivity contribution in [1.82, 2.24) is 4.90 Å². The zero-order valence-corrected chi connectivity index (χ0v) is 11.5. The van der Waals surface area contributed by atoms with E-state index in [9.17, 15) is 13.2 Å². The van der Waals surface area contributed by atoms with E-state index in [0.29, 0.717) is 18.7 Å². The summed E-state index contributed by atoms with van der Waals surface area (Å²) in [6, 6.07) is 13.5. The van der Waals surface area contributed by atoms with Gasteiger partial charge < -0.3 is 0 Å². The normalized spacial score (nSPS) is 16.2. The van der Waals surface area contributed by atoms with Crippen LogP contribution in [-0.4, -0.2) is 11.3 Å². The molecule has 0 saturated heterocycles. The molecule has 21 heavy (non-hydrogen) atoms. The number of fused-ring (bicyclic) bond motifs is 1. The summed E-state index contributed by atoms with van der Waals surface area (Å²) >= 11 is 0. The van der Waals surface area contributed by atoms with Crippen molar-refractivity contribution in [3.05, 3.63) is 71.0 Å². The molecule has 0 aliphatic carbocycles. The molecule has 0 saturated carbocycles. The molecule has 2 aromatic rings. The smallest absolute Gasteiger partial charge is 0.240 e. The van der Waals surface area contributed by atoms with E-state index in [1.54, 1.807) is 18.2 Å². The molecule has 0 bridgehead atoms. The summed E-state index contributed by atoms with van der Waals surface area (Å²) in [5.74, 6) is -0.417. The van der Waals surface area contributed by atoms with E-state index < -0.39 is 18.3 Å². The Morgan fingerprint density at radius 1 is 0.905 bits per heavy atom. The van der Waals surface area contributed by atoms with E-state index in [4.69, 9.17) is 0 Å². The number of halogens is 3. The first-order chi connectivity index (χ1) is 10.1. The molecule has 4 heteroatoms. The van der Waals surface area contributed by atoms with Gasteiger partial charge in [-0.15, -0.1) is 0 Å². The van der Waals surface area contributed by atoms with Gasteiger partial charge >= 0.3 is 0 Å². The van der Waals surface area contributed by atoms with Crippen LogP contribution in [0.2, 0.25) is 0 Å². The van der Waals surface area contributed by atoms with Crippen LogP contribution in [0.3, 0.4) is 0 Å². The van der Waals surface area contributed by atoms with Gasteiger partial charge in [-0.25, -0.2) is 13.2 Å². The second kappa shape index (κ2) is 5.90. The molecule has 1 nitrogen and oxygen atoms in total. The van der Waals surface area contributed by atoms with Crippen molar-refractivity contribution in [2.24, 2.45) is 0 Å². The molecule has 3 rings (SSSR count). The molecule has 0 radical (unpaired) electrons. The predicted molar refractivity (Wildman–Crippen MR) is 75.5 cm³/mol. The Kier molecular flexibility index (Phi) is 3.97. The summed E-state index contributed by atoms with van der Waals surface area (Å²) in [4.78, 5) is 1.93. The second-order valence-electron chi connectivity index (χ2n) is 5.34. The van der Waals surface area contributed by atoms with Crippen LogP contribution in [0.5, 0.6) is 0 Å². The van der Waals surface area contributed by atoms with Crippen molar-refractivity contribution in [2.45, 2.75) is 32.0 Å². The monoisotopic (exact) mass is 291 g/mol. The van der Waals surface area contributed by atoms with Gasteiger partial charge in [-0.2, -0.15) is 0 Å². The topological polar surface area (TPSA) is 3.24 Å². The summed E-state index contributed by atoms with van der Waals surface area (Å²) in [6.45, 7) is 1.17. The Morgan fingerprint density at radius 2 is 1.48 bits per heavy atom. The molecule has 2 aromatic carbocycles. The van der Waals surface area contributed by atoms with E-state index in [1.807, 2.05) is 29.2 Å². The molecule has 1 aliphatic rings. The van der Waals surface area contributed by atoms with Gasteiger partial charge in [0.1, 0.15) is 5.82 Å². The molecular formula is C17H16F3N. The molecule has 1 unspecified atom stereocenters. The van der Waals surface area contributed by atoms with Crippen LogP contribution in [0, 0.1) is 5.82 Å². The first kappa shape index (κ1) is 14.1. The highest BCUT2D eigenvalue weighted by Crippen LogP contribution is 2.35. The second-order valence-corrected chi connectivity index (χ2v) is 5.34. The third kappa shape index (κ3) is 2.95. The summed E-state index contributed by atoms with van der Waals surface area (Å²) in [5.41, 5.74) is 2.62. The highest BCUT2D eigenvalue weighted by molar-refractivity contribution is 5.32. The van der Waals surface area contributed by atoms with Gasteiger partial charge in [0.05, 0.1) is 0 Å². The van der Waals surface area contributed by atoms with Crippen LogP contribution in [-0.2, 0) is 13.1 Å². The lowest BCUT2D eigenvalue weighted by molar-refractivity contribution is 0.0770. The van der Waals surface area contributed by atoms with E-state index in [0.717, 1.165) is 11.1 Å². The quantitative estimate of drug-likeness (QED) is 0.799. The number of nitrogens with zero attached hydrogens (tertiary/aromatic N) is 1. The average Bonchev–Trinajstić information content (AvgIpc) is 2.89. The summed E-state index contributed by atoms with van der Waals surface area (Å²) in [5, 5.41) is 0. The maximum atomic E-state index is 14.0. The third-order valence-electron chi connectivity index (χ3n) is 3.97. The Bertz CT molecular complexity index is 602. The van der Waals surface area contributed by atoms with Crippen molar-refractivity contribution in [1.29, 1.82) is 0 Å². The number of hydrogen-bond acceptors (Lipinski definition) is 1. The highest BCUT2D eigenvalue weighted by Gasteiger charge is 2.30. The number of alkyl halides is 2. The van der Waals surface area contributed by atoms with Gasteiger partial charge in [0.2, 0.25) is 6.43 Å². The molecular weight excluding hydrogens is 275 g/mol. The van der Waals surface area contributed by atoms with Crippen LogP contribution >= 0.6 is 0 Å². The third-order valence-corrected chi connectivity index (χ3v) is 3.97. The van der Waals surface area contributed by atoms with E-state index >= 15 is 0 Å². The lowest BCUT2D eigenvalue weighted by Crippen LogP contribution is -2.26. The van der Waals surface area contributed by atoms with Gasteiger partial charge in [-0.1, -0.05) is 42.5 Å². The van der Waals surface area contributed by atoms with Gasteiger partial charge in [0, 0.05) is 31.1 Å². The zero-order valence-electron chi connectivity index (χ0n) is 11.5. The van der Waals surface area contributed by atoms with Crippen molar-refractivity contribution < 1.29 is 13.2 Å². The van der Waals surface area contributed by atoms with Gasteiger partial charge in [-0.3, -0.25) is 4.90 Å². The summed E-state index contributed by atoms with van der Waals surface area (Å²) in [7, 11) is 0. The van der Waals surface area contributed by atoms with E-state index in [1.165, 1.54) is 6.07 Å². The fourth-order valence-electron chi connectivity index (χ4n) is 2.97. The minimum absolute atomic E-state index is 0.352. The van der Waals surface area contributed by atoms with Crippen LogP contribution < -0.4 is 0 Å². The Balaban J connectivity index is 1.90. The number of benzene rings is 2. The Hall–Kier alpha value is -1.81. The fourth-order valence-corrected chi connectivity index (χ4v) is 2.97. The van der Waals surface area contributed by atoms with Crippen molar-refractivity contribution in [3.8, 4) is 0 Å². The van der Waals surface area contributed by atoms with Crippen molar-refractivity contribution in [2.75, 3.05) is 0 Å². The van der Waals surface area contributed by atoms with Gasteiger partial charge in [0.25, 0.3) is 0 Å². The van der Waals surface area contributed by atoms with Gasteiger partial charge in [0.15, 0.2) is 0 Å². The average molecular weight is 291 g/mol. The van der Waals surface area contributed by atoms with Crippen molar-refractivity contribution in [3.63, 3.8) is 0 Å². The molecule has 0 spiro atoms. The molecule has 0 aromatic heterocycles. The van der Waals surface area contributed by atoms with Crippen LogP contribution in [0.4, 0.5) is 13.2 Å². The maximum Gasteiger partial charge on any atom is 0.240 e. The number of rotatable bonds is 4. The predicted octanol–water partition coefficient (Wildman–Crippen LogP) is 4.54. The number of hydrogen-bond donors (Lipinski definition) is 0.